The van der Waals surface area contributed by atoms with Gasteiger partial charge in [0, 0.05) is 12.1 Å². The van der Waals surface area contributed by atoms with Crippen LogP contribution in [0.2, 0.25) is 0 Å². The first-order valence-electron chi connectivity index (χ1n) is 5.31. The van der Waals surface area contributed by atoms with E-state index < -0.39 is 12.6 Å². The molecule has 0 radical (unpaired) electrons. The summed E-state index contributed by atoms with van der Waals surface area (Å²) in [4.78, 5) is 4.00. The van der Waals surface area contributed by atoms with Gasteiger partial charge >= 0.3 is 6.18 Å². The number of halogens is 3. The third-order valence-electron chi connectivity index (χ3n) is 2.13. The second-order valence-electron chi connectivity index (χ2n) is 3.79. The maximum Gasteiger partial charge on any atom is 0.389 e. The van der Waals surface area contributed by atoms with Gasteiger partial charge < -0.3 is 10.5 Å². The van der Waals surface area contributed by atoms with Crippen LogP contribution in [0.5, 0.6) is 5.88 Å². The van der Waals surface area contributed by atoms with Crippen LogP contribution in [0.4, 0.5) is 13.2 Å². The van der Waals surface area contributed by atoms with Crippen molar-refractivity contribution in [1.82, 2.24) is 4.98 Å². The van der Waals surface area contributed by atoms with Crippen LogP contribution in [0, 0.1) is 12.3 Å². The van der Waals surface area contributed by atoms with Crippen molar-refractivity contribution in [1.29, 1.82) is 5.41 Å². The molecule has 4 nitrogen and oxygen atoms in total. The molecule has 0 fully saturated rings. The lowest BCUT2D eigenvalue weighted by Gasteiger charge is -2.11. The van der Waals surface area contributed by atoms with Crippen LogP contribution in [0.25, 0.3) is 0 Å². The fraction of sp³-hybridized carbons (Fsp3) is 0.455. The molecular formula is C11H14F3N3O. The van der Waals surface area contributed by atoms with Crippen molar-refractivity contribution in [2.75, 3.05) is 6.61 Å². The molecule has 1 heterocycles. The average Bonchev–Trinajstić information content (AvgIpc) is 2.22. The number of nitrogens with one attached hydrogen (secondary N) is 1. The maximum absolute atomic E-state index is 11.9. The molecule has 3 N–H and O–H groups in total. The minimum atomic E-state index is -4.19. The summed E-state index contributed by atoms with van der Waals surface area (Å²) >= 11 is 0. The van der Waals surface area contributed by atoms with Crippen LogP contribution < -0.4 is 10.5 Å². The number of aryl methyl sites for hydroxylation is 1. The Bertz CT molecular complexity index is 432. The molecule has 0 unspecified atom stereocenters. The second-order valence-corrected chi connectivity index (χ2v) is 3.79. The Balaban J connectivity index is 2.61. The molecule has 0 aliphatic rings. The zero-order valence-corrected chi connectivity index (χ0v) is 9.84. The molecule has 0 bridgehead atoms. The summed E-state index contributed by atoms with van der Waals surface area (Å²) in [6, 6.07) is 3.21. The van der Waals surface area contributed by atoms with E-state index in [2.05, 4.69) is 4.98 Å². The summed E-state index contributed by atoms with van der Waals surface area (Å²) in [7, 11) is 0. The van der Waals surface area contributed by atoms with Gasteiger partial charge in [0.1, 0.15) is 5.84 Å². The quantitative estimate of drug-likeness (QED) is 0.485. The molecule has 0 spiro atoms. The van der Waals surface area contributed by atoms with Crippen LogP contribution in [0.15, 0.2) is 12.1 Å². The molecule has 0 saturated heterocycles. The Morgan fingerprint density at radius 1 is 1.44 bits per heavy atom. The molecule has 18 heavy (non-hydrogen) atoms. The standard InChI is InChI=1S/C11H14F3N3O/c1-7-3-4-8(9(15)16)10(17-7)18-6-2-5-11(12,13)14/h3-4H,2,5-6H2,1H3,(H3,15,16). The van der Waals surface area contributed by atoms with Gasteiger partial charge in [-0.25, -0.2) is 4.98 Å². The highest BCUT2D eigenvalue weighted by atomic mass is 19.4. The fourth-order valence-corrected chi connectivity index (χ4v) is 1.29. The highest BCUT2D eigenvalue weighted by molar-refractivity contribution is 5.97. The third kappa shape index (κ3) is 4.60. The molecule has 0 atom stereocenters. The number of amidine groups is 1. The van der Waals surface area contributed by atoms with E-state index in [-0.39, 0.29) is 30.3 Å². The number of aromatic nitrogens is 1. The minimum absolute atomic E-state index is 0.102. The van der Waals surface area contributed by atoms with Gasteiger partial charge in [0.2, 0.25) is 5.88 Å². The summed E-state index contributed by atoms with van der Waals surface area (Å²) in [6.45, 7) is 1.60. The number of hydrogen-bond acceptors (Lipinski definition) is 3. The Morgan fingerprint density at radius 3 is 2.67 bits per heavy atom. The number of hydrogen-bond donors (Lipinski definition) is 2. The third-order valence-corrected chi connectivity index (χ3v) is 2.13. The summed E-state index contributed by atoms with van der Waals surface area (Å²) in [5, 5.41) is 7.30. The molecule has 0 aliphatic carbocycles. The van der Waals surface area contributed by atoms with Gasteiger partial charge in [0.25, 0.3) is 0 Å². The van der Waals surface area contributed by atoms with Crippen molar-refractivity contribution in [2.24, 2.45) is 5.73 Å². The van der Waals surface area contributed by atoms with Crippen molar-refractivity contribution >= 4 is 5.84 Å². The topological polar surface area (TPSA) is 72.0 Å². The average molecular weight is 261 g/mol. The van der Waals surface area contributed by atoms with Crippen molar-refractivity contribution in [3.05, 3.63) is 23.4 Å². The molecular weight excluding hydrogens is 247 g/mol. The SMILES string of the molecule is Cc1ccc(C(=N)N)c(OCCCC(F)(F)F)n1. The molecule has 100 valence electrons. The van der Waals surface area contributed by atoms with Crippen molar-refractivity contribution < 1.29 is 17.9 Å². The predicted octanol–water partition coefficient (Wildman–Crippen LogP) is 2.40. The van der Waals surface area contributed by atoms with Gasteiger partial charge in [0.15, 0.2) is 0 Å². The van der Waals surface area contributed by atoms with Gasteiger partial charge in [-0.1, -0.05) is 0 Å². The van der Waals surface area contributed by atoms with Gasteiger partial charge in [-0.3, -0.25) is 5.41 Å². The highest BCUT2D eigenvalue weighted by Gasteiger charge is 2.26. The molecule has 1 rings (SSSR count). The van der Waals surface area contributed by atoms with Gasteiger partial charge in [-0.05, 0) is 25.5 Å². The number of rotatable bonds is 5. The lowest BCUT2D eigenvalue weighted by molar-refractivity contribution is -0.136. The van der Waals surface area contributed by atoms with Crippen LogP contribution in [0.3, 0.4) is 0 Å². The van der Waals surface area contributed by atoms with Gasteiger partial charge in [-0.15, -0.1) is 0 Å². The van der Waals surface area contributed by atoms with E-state index in [0.29, 0.717) is 5.69 Å². The lowest BCUT2D eigenvalue weighted by atomic mass is 10.2. The molecule has 1 aromatic rings. The summed E-state index contributed by atoms with van der Waals surface area (Å²) in [5.41, 5.74) is 6.25. The maximum atomic E-state index is 11.9. The first-order valence-corrected chi connectivity index (χ1v) is 5.31. The van der Waals surface area contributed by atoms with Gasteiger partial charge in [0.05, 0.1) is 12.2 Å². The van der Waals surface area contributed by atoms with Gasteiger partial charge in [-0.2, -0.15) is 13.2 Å². The van der Waals surface area contributed by atoms with Crippen LogP contribution >= 0.6 is 0 Å². The largest absolute Gasteiger partial charge is 0.477 e. The Morgan fingerprint density at radius 2 is 2.11 bits per heavy atom. The smallest absolute Gasteiger partial charge is 0.389 e. The molecule has 1 aromatic heterocycles. The summed E-state index contributed by atoms with van der Waals surface area (Å²) in [6.07, 6.45) is -5.25. The number of ether oxygens (including phenoxy) is 1. The van der Waals surface area contributed by atoms with Crippen LogP contribution in [-0.4, -0.2) is 23.6 Å². The monoisotopic (exact) mass is 261 g/mol. The van der Waals surface area contributed by atoms with Crippen molar-refractivity contribution in [3.8, 4) is 5.88 Å². The van der Waals surface area contributed by atoms with E-state index in [4.69, 9.17) is 15.9 Å². The van der Waals surface area contributed by atoms with E-state index in [1.807, 2.05) is 0 Å². The van der Waals surface area contributed by atoms with Crippen molar-refractivity contribution in [3.63, 3.8) is 0 Å². The number of nitrogen functional groups attached to an aromatic ring is 1. The first-order chi connectivity index (χ1) is 8.29. The van der Waals surface area contributed by atoms with Crippen LogP contribution in [0.1, 0.15) is 24.1 Å². The predicted molar refractivity (Wildman–Crippen MR) is 60.8 cm³/mol. The molecule has 0 saturated carbocycles. The van der Waals surface area contributed by atoms with Crippen molar-refractivity contribution in [2.45, 2.75) is 25.9 Å². The fourth-order valence-electron chi connectivity index (χ4n) is 1.29. The van der Waals surface area contributed by atoms with E-state index in [1.165, 1.54) is 0 Å². The number of nitrogens with two attached hydrogens (primary N) is 1. The minimum Gasteiger partial charge on any atom is -0.477 e. The summed E-state index contributed by atoms with van der Waals surface area (Å²) in [5.74, 6) is -0.127. The number of pyridine rings is 1. The Labute approximate surface area is 102 Å². The van der Waals surface area contributed by atoms with Crippen LogP contribution in [-0.2, 0) is 0 Å². The Hall–Kier alpha value is -1.79. The van der Waals surface area contributed by atoms with E-state index in [1.54, 1.807) is 19.1 Å². The molecule has 0 aliphatic heterocycles. The Kier molecular flexibility index (Phi) is 4.52. The first kappa shape index (κ1) is 14.3. The zero-order chi connectivity index (χ0) is 13.8. The number of nitrogens with zero attached hydrogens (tertiary/aromatic N) is 1. The summed E-state index contributed by atoms with van der Waals surface area (Å²) < 4.78 is 40.9. The molecule has 0 amide bonds. The zero-order valence-electron chi connectivity index (χ0n) is 9.84. The molecule has 7 heteroatoms. The number of alkyl halides is 3. The van der Waals surface area contributed by atoms with E-state index in [0.717, 1.165) is 0 Å². The van der Waals surface area contributed by atoms with E-state index >= 15 is 0 Å². The highest BCUT2D eigenvalue weighted by Crippen LogP contribution is 2.22. The second kappa shape index (κ2) is 5.70. The van der Waals surface area contributed by atoms with E-state index in [9.17, 15) is 13.2 Å². The molecule has 0 aromatic carbocycles. The normalized spacial score (nSPS) is 11.3. The lowest BCUT2D eigenvalue weighted by Crippen LogP contribution is -2.15.